The average Bonchev–Trinajstić information content (AvgIpc) is 2.73. The molecule has 2 aromatic carbocycles. The first-order chi connectivity index (χ1) is 14.4. The fourth-order valence-corrected chi connectivity index (χ4v) is 4.56. The third-order valence-corrected chi connectivity index (χ3v) is 6.82. The summed E-state index contributed by atoms with van der Waals surface area (Å²) in [5.74, 6) is 1.07. The van der Waals surface area contributed by atoms with Gasteiger partial charge in [0.05, 0.1) is 5.69 Å². The number of halogens is 1. The Balaban J connectivity index is 1.71. The molecule has 0 saturated carbocycles. The van der Waals surface area contributed by atoms with E-state index in [1.54, 1.807) is 12.1 Å². The number of amidine groups is 1. The monoisotopic (exact) mass is 408 g/mol. The normalized spacial score (nSPS) is 22.7. The van der Waals surface area contributed by atoms with Crippen LogP contribution in [0.1, 0.15) is 32.3 Å². The van der Waals surface area contributed by atoms with Crippen molar-refractivity contribution < 1.29 is 13.9 Å². The number of anilines is 1. The van der Waals surface area contributed by atoms with Crippen LogP contribution in [0.2, 0.25) is 0 Å². The Labute approximate surface area is 175 Å². The second-order valence-electron chi connectivity index (χ2n) is 8.71. The molecule has 0 aliphatic carbocycles. The molecule has 1 fully saturated rings. The molecule has 2 N–H and O–H groups in total. The summed E-state index contributed by atoms with van der Waals surface area (Å²) in [6.45, 7) is 8.37. The zero-order chi connectivity index (χ0) is 21.0. The molecule has 0 bridgehead atoms. The molecule has 0 aromatic heterocycles. The molecule has 1 amide bonds. The summed E-state index contributed by atoms with van der Waals surface area (Å²) in [7, 11) is 0. The summed E-state index contributed by atoms with van der Waals surface area (Å²) < 4.78 is 20.8. The highest BCUT2D eigenvalue weighted by Crippen LogP contribution is 2.47. The van der Waals surface area contributed by atoms with Crippen molar-refractivity contribution in [3.05, 3.63) is 47.8 Å². The predicted molar refractivity (Wildman–Crippen MR) is 114 cm³/mol. The maximum atomic E-state index is 14.8. The summed E-state index contributed by atoms with van der Waals surface area (Å²) >= 11 is 0. The zero-order valence-electron chi connectivity index (χ0n) is 17.3. The van der Waals surface area contributed by atoms with Crippen LogP contribution in [-0.4, -0.2) is 37.5 Å². The van der Waals surface area contributed by atoms with Crippen molar-refractivity contribution in [1.29, 1.82) is 0 Å². The van der Waals surface area contributed by atoms with E-state index < -0.39 is 6.04 Å². The van der Waals surface area contributed by atoms with Crippen LogP contribution in [0.5, 0.6) is 5.75 Å². The van der Waals surface area contributed by atoms with Crippen LogP contribution in [0.25, 0.3) is 11.1 Å². The first-order valence-corrected chi connectivity index (χ1v) is 10.3. The Hall–Kier alpha value is -2.93. The lowest BCUT2D eigenvalue weighted by Gasteiger charge is -2.46. The number of benzene rings is 2. The van der Waals surface area contributed by atoms with E-state index in [-0.39, 0.29) is 29.7 Å². The molecule has 6 nitrogen and oxygen atoms in total. The molecule has 3 aliphatic heterocycles. The van der Waals surface area contributed by atoms with Crippen LogP contribution in [0, 0.1) is 11.2 Å². The average molecular weight is 408 g/mol. The van der Waals surface area contributed by atoms with E-state index in [9.17, 15) is 9.18 Å². The molecule has 0 spiro atoms. The molecule has 156 valence electrons. The molecule has 0 radical (unpaired) electrons. The van der Waals surface area contributed by atoms with E-state index in [2.05, 4.69) is 35.8 Å². The lowest BCUT2D eigenvalue weighted by Crippen LogP contribution is -2.55. The molecule has 2 atom stereocenters. The van der Waals surface area contributed by atoms with Crippen LogP contribution in [0.3, 0.4) is 0 Å². The minimum atomic E-state index is -0.399. The number of rotatable bonds is 3. The Morgan fingerprint density at radius 2 is 2.03 bits per heavy atom. The van der Waals surface area contributed by atoms with E-state index in [1.807, 2.05) is 24.0 Å². The number of hydrazone groups is 1. The van der Waals surface area contributed by atoms with Crippen LogP contribution in [-0.2, 0) is 4.79 Å². The van der Waals surface area contributed by atoms with Gasteiger partial charge >= 0.3 is 0 Å². The van der Waals surface area contributed by atoms with E-state index in [4.69, 9.17) is 4.74 Å². The largest absolute Gasteiger partial charge is 0.483 e. The number of carbonyl (C=O) groups is 1. The van der Waals surface area contributed by atoms with Gasteiger partial charge < -0.3 is 15.0 Å². The van der Waals surface area contributed by atoms with Gasteiger partial charge in [0.1, 0.15) is 24.2 Å². The van der Waals surface area contributed by atoms with Gasteiger partial charge in [-0.3, -0.25) is 4.79 Å². The fourth-order valence-electron chi connectivity index (χ4n) is 4.56. The number of amides is 1. The van der Waals surface area contributed by atoms with E-state index in [1.165, 1.54) is 6.07 Å². The smallest absolute Gasteiger partial charge is 0.262 e. The Morgan fingerprint density at radius 1 is 1.27 bits per heavy atom. The third-order valence-electron chi connectivity index (χ3n) is 6.82. The quantitative estimate of drug-likeness (QED) is 0.818. The van der Waals surface area contributed by atoms with Crippen LogP contribution >= 0.6 is 0 Å². The molecular formula is C23H25FN4O2. The van der Waals surface area contributed by atoms with Gasteiger partial charge in [0.25, 0.3) is 5.91 Å². The molecule has 3 aliphatic rings. The highest BCUT2D eigenvalue weighted by Gasteiger charge is 2.41. The van der Waals surface area contributed by atoms with Crippen LogP contribution in [0.4, 0.5) is 10.1 Å². The summed E-state index contributed by atoms with van der Waals surface area (Å²) in [4.78, 5) is 14.2. The molecular weight excluding hydrogens is 383 g/mol. The van der Waals surface area contributed by atoms with Gasteiger partial charge in [-0.2, -0.15) is 5.10 Å². The molecule has 30 heavy (non-hydrogen) atoms. The maximum Gasteiger partial charge on any atom is 0.262 e. The van der Waals surface area contributed by atoms with Gasteiger partial charge in [-0.1, -0.05) is 32.0 Å². The maximum absolute atomic E-state index is 14.8. The second-order valence-corrected chi connectivity index (χ2v) is 8.71. The first kappa shape index (κ1) is 19.1. The van der Waals surface area contributed by atoms with E-state index in [0.29, 0.717) is 17.1 Å². The number of nitrogens with one attached hydrogen (secondary N) is 2. The molecule has 3 heterocycles. The van der Waals surface area contributed by atoms with Gasteiger partial charge in [0, 0.05) is 18.7 Å². The minimum Gasteiger partial charge on any atom is -0.483 e. The number of nitrogens with zero attached hydrogens (tertiary/aromatic N) is 2. The van der Waals surface area contributed by atoms with Crippen molar-refractivity contribution in [3.8, 4) is 16.9 Å². The molecule has 5 rings (SSSR count). The van der Waals surface area contributed by atoms with Crippen LogP contribution < -0.4 is 20.4 Å². The van der Waals surface area contributed by atoms with Gasteiger partial charge in [0.2, 0.25) is 0 Å². The van der Waals surface area contributed by atoms with Gasteiger partial charge in [-0.25, -0.2) is 9.82 Å². The van der Waals surface area contributed by atoms with E-state index >= 15 is 0 Å². The Bertz CT molecular complexity index is 1060. The first-order valence-electron chi connectivity index (χ1n) is 10.3. The lowest BCUT2D eigenvalue weighted by molar-refractivity contribution is -0.122. The summed E-state index contributed by atoms with van der Waals surface area (Å²) in [5.41, 5.74) is 5.88. The second kappa shape index (κ2) is 6.80. The molecule has 2 aromatic rings. The Morgan fingerprint density at radius 3 is 2.73 bits per heavy atom. The van der Waals surface area contributed by atoms with Crippen molar-refractivity contribution in [1.82, 2.24) is 10.7 Å². The number of hydrogen-bond acceptors (Lipinski definition) is 5. The fraction of sp³-hybridized carbons (Fsp3) is 0.391. The number of fused-ring (bicyclic) bond motifs is 3. The summed E-state index contributed by atoms with van der Waals surface area (Å²) in [5, 5.41) is 7.54. The lowest BCUT2D eigenvalue weighted by atomic mass is 9.69. The van der Waals surface area contributed by atoms with Crippen LogP contribution in [0.15, 0.2) is 41.5 Å². The van der Waals surface area contributed by atoms with E-state index in [0.717, 1.165) is 29.9 Å². The molecule has 1 saturated heterocycles. The summed E-state index contributed by atoms with van der Waals surface area (Å²) in [6, 6.07) is 10.4. The number of ether oxygens (including phenoxy) is 1. The van der Waals surface area contributed by atoms with Crippen molar-refractivity contribution >= 4 is 17.4 Å². The minimum absolute atomic E-state index is 0.0750. The van der Waals surface area contributed by atoms with Gasteiger partial charge in [0.15, 0.2) is 5.84 Å². The number of hydrogen-bond donors (Lipinski definition) is 2. The topological polar surface area (TPSA) is 66.0 Å². The summed E-state index contributed by atoms with van der Waals surface area (Å²) in [6.07, 6.45) is 0. The van der Waals surface area contributed by atoms with Crippen molar-refractivity contribution in [3.63, 3.8) is 0 Å². The molecule has 7 heteroatoms. The standard InChI is InChI=1S/C23H25FN4O2/c1-13(23(3)11-25-12-23)16-8-19-20(9-17(16)15-6-4-5-7-18(15)24)30-10-21-26-27-22(29)14(2)28(19)21/h4-9,13-14,25H,10-12H2,1-3H3,(H,27,29). The Kier molecular flexibility index (Phi) is 4.32. The van der Waals surface area contributed by atoms with Crippen molar-refractivity contribution in [2.75, 3.05) is 24.6 Å². The predicted octanol–water partition coefficient (Wildman–Crippen LogP) is 3.24. The molecule has 2 unspecified atom stereocenters. The van der Waals surface area contributed by atoms with Gasteiger partial charge in [-0.05, 0) is 47.6 Å². The zero-order valence-corrected chi connectivity index (χ0v) is 17.3. The van der Waals surface area contributed by atoms with Crippen molar-refractivity contribution in [2.45, 2.75) is 32.7 Å². The number of carbonyl (C=O) groups excluding carboxylic acids is 1. The third kappa shape index (κ3) is 2.80. The highest BCUT2D eigenvalue weighted by atomic mass is 19.1. The van der Waals surface area contributed by atoms with Crippen molar-refractivity contribution in [2.24, 2.45) is 10.5 Å². The SMILES string of the molecule is CC1C(=O)NN=C2COc3cc(-c4ccccc4F)c(C(C)C4(C)CNC4)cc3N21. The van der Waals surface area contributed by atoms with Gasteiger partial charge in [-0.15, -0.1) is 0 Å². The highest BCUT2D eigenvalue weighted by molar-refractivity contribution is 6.09.